The molecular weight excluding hydrogens is 314 g/mol. The van der Waals surface area contributed by atoms with Gasteiger partial charge in [0, 0.05) is 0 Å². The Morgan fingerprint density at radius 2 is 0.909 bits per heavy atom. The number of allylic oxidation sites excluding steroid dienone is 2. The topological polar surface area (TPSA) is 72.3 Å². The maximum atomic E-state index is 13.8. The first-order valence-electron chi connectivity index (χ1n) is 5.23. The molecular formula is C12F6N4. The first kappa shape index (κ1) is 15.3. The summed E-state index contributed by atoms with van der Waals surface area (Å²) in [7, 11) is 0. The zero-order valence-corrected chi connectivity index (χ0v) is 10.1. The molecule has 1 aromatic carbocycles. The van der Waals surface area contributed by atoms with Crippen molar-refractivity contribution in [2.24, 2.45) is 9.98 Å². The monoisotopic (exact) mass is 314 g/mol. The maximum absolute atomic E-state index is 13.8. The Kier molecular flexibility index (Phi) is 3.70. The first-order valence-corrected chi connectivity index (χ1v) is 5.23. The summed E-state index contributed by atoms with van der Waals surface area (Å²) >= 11 is 0. The molecule has 4 nitrogen and oxygen atoms in total. The van der Waals surface area contributed by atoms with Gasteiger partial charge in [0.25, 0.3) is 0 Å². The number of benzene rings is 1. The molecule has 0 N–H and O–H groups in total. The van der Waals surface area contributed by atoms with Crippen molar-refractivity contribution in [2.75, 3.05) is 0 Å². The molecule has 0 aromatic heterocycles. The van der Waals surface area contributed by atoms with E-state index in [1.54, 1.807) is 0 Å². The quantitative estimate of drug-likeness (QED) is 0.320. The van der Waals surface area contributed by atoms with Crippen LogP contribution in [0.2, 0.25) is 0 Å². The molecule has 0 atom stereocenters. The lowest BCUT2D eigenvalue weighted by Gasteiger charge is -2.18. The van der Waals surface area contributed by atoms with Crippen LogP contribution in [0.15, 0.2) is 21.6 Å². The van der Waals surface area contributed by atoms with E-state index in [-0.39, 0.29) is 0 Å². The number of nitriles is 2. The molecule has 0 heterocycles. The molecule has 1 aromatic rings. The van der Waals surface area contributed by atoms with Crippen LogP contribution in [0.4, 0.5) is 26.3 Å². The van der Waals surface area contributed by atoms with Gasteiger partial charge in [0.05, 0.1) is 11.1 Å². The van der Waals surface area contributed by atoms with Crippen LogP contribution in [0.3, 0.4) is 0 Å². The Bertz CT molecular complexity index is 798. The molecule has 0 saturated heterocycles. The fourth-order valence-electron chi connectivity index (χ4n) is 1.81. The van der Waals surface area contributed by atoms with Gasteiger partial charge >= 0.3 is 0 Å². The van der Waals surface area contributed by atoms with Crippen molar-refractivity contribution in [3.8, 4) is 12.4 Å². The number of nitrogens with zero attached hydrogens (tertiary/aromatic N) is 4. The highest BCUT2D eigenvalue weighted by atomic mass is 19.2. The average molecular weight is 314 g/mol. The van der Waals surface area contributed by atoms with E-state index in [1.165, 1.54) is 0 Å². The smallest absolute Gasteiger partial charge is 0.203 e. The van der Waals surface area contributed by atoms with Gasteiger partial charge in [0.2, 0.25) is 12.4 Å². The van der Waals surface area contributed by atoms with Gasteiger partial charge in [-0.05, 0) is 0 Å². The highest BCUT2D eigenvalue weighted by Gasteiger charge is 2.39. The van der Waals surface area contributed by atoms with Gasteiger partial charge in [-0.1, -0.05) is 0 Å². The molecule has 0 fully saturated rings. The summed E-state index contributed by atoms with van der Waals surface area (Å²) in [5, 5.41) is 16.8. The van der Waals surface area contributed by atoms with Crippen molar-refractivity contribution in [1.82, 2.24) is 0 Å². The molecule has 0 spiro atoms. The van der Waals surface area contributed by atoms with Crippen molar-refractivity contribution >= 4 is 11.4 Å². The van der Waals surface area contributed by atoms with Gasteiger partial charge in [-0.25, -0.2) is 26.3 Å². The zero-order valence-electron chi connectivity index (χ0n) is 10.1. The molecule has 0 radical (unpaired) electrons. The Morgan fingerprint density at radius 3 is 1.18 bits per heavy atom. The molecule has 110 valence electrons. The summed E-state index contributed by atoms with van der Waals surface area (Å²) in [5.74, 6) is -12.8. The summed E-state index contributed by atoms with van der Waals surface area (Å²) in [6, 6.07) is 0. The number of aliphatic imine (C=N–C) groups is 2. The van der Waals surface area contributed by atoms with Crippen LogP contribution in [0.1, 0.15) is 11.1 Å². The van der Waals surface area contributed by atoms with Crippen LogP contribution < -0.4 is 0 Å². The highest BCUT2D eigenvalue weighted by Crippen LogP contribution is 2.35. The summed E-state index contributed by atoms with van der Waals surface area (Å²) in [4.78, 5) is 5.48. The van der Waals surface area contributed by atoms with Gasteiger partial charge in [-0.15, -0.1) is 0 Å². The standard InChI is InChI=1S/C12F6N4/c13-5-3-4(6(14)8(16)7(5)15)12(22-2-20)10(18)9(17)11(3)21-1-19/b21-11-,22-12+. The molecule has 0 bridgehead atoms. The molecule has 10 heteroatoms. The lowest BCUT2D eigenvalue weighted by atomic mass is 9.90. The summed E-state index contributed by atoms with van der Waals surface area (Å²) < 4.78 is 81.6. The second-order valence-electron chi connectivity index (χ2n) is 3.75. The number of rotatable bonds is 0. The minimum atomic E-state index is -2.31. The second-order valence-corrected chi connectivity index (χ2v) is 3.75. The summed E-state index contributed by atoms with van der Waals surface area (Å²) in [5.41, 5.74) is -5.43. The van der Waals surface area contributed by atoms with Crippen molar-refractivity contribution in [3.63, 3.8) is 0 Å². The van der Waals surface area contributed by atoms with Crippen molar-refractivity contribution in [1.29, 1.82) is 10.5 Å². The van der Waals surface area contributed by atoms with E-state index in [1.807, 2.05) is 0 Å². The molecule has 0 amide bonds. The number of hydrogen-bond acceptors (Lipinski definition) is 4. The van der Waals surface area contributed by atoms with Crippen molar-refractivity contribution < 1.29 is 26.3 Å². The molecule has 22 heavy (non-hydrogen) atoms. The maximum Gasteiger partial charge on any atom is 0.206 e. The lowest BCUT2D eigenvalue weighted by Crippen LogP contribution is -2.25. The fraction of sp³-hybridized carbons (Fsp3) is 0. The Balaban J connectivity index is 3.09. The summed E-state index contributed by atoms with van der Waals surface area (Å²) in [6.45, 7) is 0. The largest absolute Gasteiger partial charge is 0.206 e. The van der Waals surface area contributed by atoms with Crippen LogP contribution in [-0.2, 0) is 0 Å². The second kappa shape index (κ2) is 5.33. The average Bonchev–Trinajstić information content (AvgIpc) is 2.50. The minimum absolute atomic E-state index is 0.994. The van der Waals surface area contributed by atoms with Crippen molar-refractivity contribution in [3.05, 3.63) is 46.0 Å². The fourth-order valence-corrected chi connectivity index (χ4v) is 1.81. The third kappa shape index (κ3) is 1.93. The molecule has 2 rings (SSSR count). The van der Waals surface area contributed by atoms with E-state index in [9.17, 15) is 26.3 Å². The van der Waals surface area contributed by atoms with Crippen molar-refractivity contribution in [2.45, 2.75) is 0 Å². The van der Waals surface area contributed by atoms with Crippen LogP contribution >= 0.6 is 0 Å². The zero-order chi connectivity index (χ0) is 16.6. The van der Waals surface area contributed by atoms with E-state index in [2.05, 4.69) is 9.98 Å². The van der Waals surface area contributed by atoms with Crippen LogP contribution in [0, 0.1) is 46.2 Å². The van der Waals surface area contributed by atoms with Crippen LogP contribution in [-0.4, -0.2) is 11.4 Å². The highest BCUT2D eigenvalue weighted by molar-refractivity contribution is 6.29. The van der Waals surface area contributed by atoms with Gasteiger partial charge in [-0.2, -0.15) is 20.5 Å². The molecule has 0 aliphatic heterocycles. The predicted octanol–water partition coefficient (Wildman–Crippen LogP) is 2.95. The van der Waals surface area contributed by atoms with Gasteiger partial charge in [-0.3, -0.25) is 0 Å². The number of fused-ring (bicyclic) bond motifs is 1. The van der Waals surface area contributed by atoms with Crippen LogP contribution in [0.5, 0.6) is 0 Å². The number of hydrogen-bond donors (Lipinski definition) is 0. The number of halogens is 6. The summed E-state index contributed by atoms with van der Waals surface area (Å²) in [6.07, 6.45) is 1.99. The van der Waals surface area contributed by atoms with E-state index in [4.69, 9.17) is 10.5 Å². The Labute approximate surface area is 117 Å². The van der Waals surface area contributed by atoms with E-state index >= 15 is 0 Å². The SMILES string of the molecule is N#C/N=C1C(F)=C(F)/C(=N/C#N)c2c(F)c(F)c(F)c(F)c2\1. The third-order valence-electron chi connectivity index (χ3n) is 2.67. The molecule has 0 saturated carbocycles. The van der Waals surface area contributed by atoms with E-state index < -0.39 is 57.5 Å². The predicted molar refractivity (Wildman–Crippen MR) is 59.8 cm³/mol. The third-order valence-corrected chi connectivity index (χ3v) is 2.67. The Morgan fingerprint density at radius 1 is 0.591 bits per heavy atom. The normalized spacial score (nSPS) is 17.5. The van der Waals surface area contributed by atoms with E-state index in [0.29, 0.717) is 0 Å². The van der Waals surface area contributed by atoms with Gasteiger partial charge in [0.15, 0.2) is 34.9 Å². The van der Waals surface area contributed by atoms with Gasteiger partial charge in [0.1, 0.15) is 11.4 Å². The van der Waals surface area contributed by atoms with Crippen LogP contribution in [0.25, 0.3) is 0 Å². The Hall–Kier alpha value is -3.14. The lowest BCUT2D eigenvalue weighted by molar-refractivity contribution is 0.406. The molecule has 0 unspecified atom stereocenters. The molecule has 1 aliphatic rings. The van der Waals surface area contributed by atoms with E-state index in [0.717, 1.165) is 12.4 Å². The van der Waals surface area contributed by atoms with Gasteiger partial charge < -0.3 is 0 Å². The molecule has 1 aliphatic carbocycles. The first-order chi connectivity index (χ1) is 10.4. The minimum Gasteiger partial charge on any atom is -0.203 e.